The van der Waals surface area contributed by atoms with Gasteiger partial charge in [0.15, 0.2) is 0 Å². The van der Waals surface area contributed by atoms with E-state index in [4.69, 9.17) is 0 Å². The monoisotopic (exact) mass is 236 g/mol. The van der Waals surface area contributed by atoms with Crippen molar-refractivity contribution in [2.45, 2.75) is 4.83 Å². The van der Waals surface area contributed by atoms with Crippen molar-refractivity contribution < 1.29 is 4.79 Å². The molecule has 0 spiro atoms. The Morgan fingerprint density at radius 2 is 2.08 bits per heavy atom. The van der Waals surface area contributed by atoms with Crippen molar-refractivity contribution in [2.75, 3.05) is 0 Å². The molecule has 0 amide bonds. The van der Waals surface area contributed by atoms with E-state index in [2.05, 4.69) is 28.1 Å². The number of carbonyl (C=O) groups is 1. The number of halogens is 1. The molecule has 1 aliphatic carbocycles. The molecule has 1 aromatic carbocycles. The van der Waals surface area contributed by atoms with Gasteiger partial charge in [-0.3, -0.25) is 0 Å². The van der Waals surface area contributed by atoms with Crippen LogP contribution in [0.4, 0.5) is 0 Å². The zero-order valence-electron chi connectivity index (χ0n) is 6.98. The summed E-state index contributed by atoms with van der Waals surface area (Å²) >= 11 is 3.53. The molecule has 2 atom stereocenters. The Hall–Kier alpha value is -0.890. The summed E-state index contributed by atoms with van der Waals surface area (Å²) in [4.78, 5) is 10.8. The second kappa shape index (κ2) is 3.46. The molecule has 1 aliphatic rings. The minimum Gasteiger partial charge on any atom is -0.303 e. The van der Waals surface area contributed by atoms with Crippen LogP contribution in [0.3, 0.4) is 0 Å². The molecule has 0 saturated heterocycles. The number of rotatable bonds is 1. The van der Waals surface area contributed by atoms with E-state index in [0.717, 1.165) is 6.29 Å². The van der Waals surface area contributed by atoms with Crippen LogP contribution in [-0.2, 0) is 4.79 Å². The lowest BCUT2D eigenvalue weighted by atomic mass is 9.90. The molecule has 66 valence electrons. The van der Waals surface area contributed by atoms with E-state index in [-0.39, 0.29) is 10.7 Å². The molecular weight excluding hydrogens is 228 g/mol. The van der Waals surface area contributed by atoms with Crippen LogP contribution in [0.1, 0.15) is 16.0 Å². The van der Waals surface area contributed by atoms with Gasteiger partial charge in [-0.25, -0.2) is 0 Å². The van der Waals surface area contributed by atoms with Crippen LogP contribution in [0, 0.1) is 5.92 Å². The highest BCUT2D eigenvalue weighted by molar-refractivity contribution is 9.09. The van der Waals surface area contributed by atoms with Crippen molar-refractivity contribution in [2.24, 2.45) is 5.92 Å². The molecule has 0 aliphatic heterocycles. The van der Waals surface area contributed by atoms with Crippen LogP contribution in [-0.4, -0.2) is 6.29 Å². The maximum Gasteiger partial charge on any atom is 0.128 e. The molecular formula is C11H9BrO. The van der Waals surface area contributed by atoms with Crippen molar-refractivity contribution in [3.8, 4) is 0 Å². The van der Waals surface area contributed by atoms with Gasteiger partial charge in [0.2, 0.25) is 0 Å². The molecule has 2 heteroatoms. The average Bonchev–Trinajstić information content (AvgIpc) is 2.19. The second-order valence-electron chi connectivity index (χ2n) is 3.10. The zero-order chi connectivity index (χ0) is 9.26. The van der Waals surface area contributed by atoms with E-state index >= 15 is 0 Å². The summed E-state index contributed by atoms with van der Waals surface area (Å²) in [7, 11) is 0. The summed E-state index contributed by atoms with van der Waals surface area (Å²) in [5.41, 5.74) is 2.39. The van der Waals surface area contributed by atoms with E-state index in [1.54, 1.807) is 0 Å². The summed E-state index contributed by atoms with van der Waals surface area (Å²) < 4.78 is 0. The number of allylic oxidation sites excluding steroid dienone is 1. The zero-order valence-corrected chi connectivity index (χ0v) is 8.57. The van der Waals surface area contributed by atoms with Crippen LogP contribution in [0.5, 0.6) is 0 Å². The van der Waals surface area contributed by atoms with Gasteiger partial charge < -0.3 is 4.79 Å². The van der Waals surface area contributed by atoms with Crippen LogP contribution in [0.25, 0.3) is 6.08 Å². The highest BCUT2D eigenvalue weighted by atomic mass is 79.9. The van der Waals surface area contributed by atoms with Crippen molar-refractivity contribution >= 4 is 28.3 Å². The molecule has 0 heterocycles. The lowest BCUT2D eigenvalue weighted by molar-refractivity contribution is -0.109. The minimum absolute atomic E-state index is 0.0325. The largest absolute Gasteiger partial charge is 0.303 e. The number of hydrogen-bond donors (Lipinski definition) is 0. The number of benzene rings is 1. The van der Waals surface area contributed by atoms with Gasteiger partial charge in [-0.05, 0) is 11.1 Å². The Kier molecular flexibility index (Phi) is 2.32. The normalized spacial score (nSPS) is 25.3. The molecule has 0 bridgehead atoms. The Balaban J connectivity index is 2.48. The van der Waals surface area contributed by atoms with Gasteiger partial charge in [-0.2, -0.15) is 0 Å². The fourth-order valence-electron chi connectivity index (χ4n) is 1.55. The van der Waals surface area contributed by atoms with Crippen LogP contribution < -0.4 is 0 Å². The predicted octanol–water partition coefficient (Wildman–Crippen LogP) is 2.96. The van der Waals surface area contributed by atoms with Gasteiger partial charge in [0.05, 0.1) is 4.83 Å². The van der Waals surface area contributed by atoms with Gasteiger partial charge in [0.1, 0.15) is 6.29 Å². The molecule has 0 fully saturated rings. The van der Waals surface area contributed by atoms with E-state index in [1.165, 1.54) is 11.1 Å². The standard InChI is InChI=1S/C11H9BrO/c12-11-9(7-13)6-5-8-3-1-2-4-10(8)11/h1-7,9,11H. The van der Waals surface area contributed by atoms with E-state index in [1.807, 2.05) is 24.3 Å². The maximum absolute atomic E-state index is 10.7. The molecule has 0 saturated carbocycles. The lowest BCUT2D eigenvalue weighted by Gasteiger charge is -2.20. The third-order valence-corrected chi connectivity index (χ3v) is 3.39. The number of alkyl halides is 1. The topological polar surface area (TPSA) is 17.1 Å². The van der Waals surface area contributed by atoms with E-state index in [0.29, 0.717) is 0 Å². The second-order valence-corrected chi connectivity index (χ2v) is 4.09. The smallest absolute Gasteiger partial charge is 0.128 e. The first kappa shape index (κ1) is 8.70. The lowest BCUT2D eigenvalue weighted by Crippen LogP contribution is -2.10. The number of carbonyl (C=O) groups excluding carboxylic acids is 1. The molecule has 13 heavy (non-hydrogen) atoms. The summed E-state index contributed by atoms with van der Waals surface area (Å²) in [5, 5.41) is 0. The third kappa shape index (κ3) is 1.46. The first-order chi connectivity index (χ1) is 6.33. The predicted molar refractivity (Wildman–Crippen MR) is 56.7 cm³/mol. The Labute approximate surface area is 85.6 Å². The van der Waals surface area contributed by atoms with Gasteiger partial charge in [-0.1, -0.05) is 52.3 Å². The molecule has 1 nitrogen and oxygen atoms in total. The summed E-state index contributed by atoms with van der Waals surface area (Å²) in [6.45, 7) is 0. The van der Waals surface area contributed by atoms with Crippen LogP contribution in [0.2, 0.25) is 0 Å². The first-order valence-corrected chi connectivity index (χ1v) is 5.11. The highest BCUT2D eigenvalue weighted by Crippen LogP contribution is 2.37. The number of fused-ring (bicyclic) bond motifs is 1. The number of hydrogen-bond acceptors (Lipinski definition) is 1. The van der Waals surface area contributed by atoms with E-state index < -0.39 is 0 Å². The average molecular weight is 237 g/mol. The summed E-state index contributed by atoms with van der Waals surface area (Å²) in [6, 6.07) is 8.11. The summed E-state index contributed by atoms with van der Waals surface area (Å²) in [5.74, 6) is -0.0325. The van der Waals surface area contributed by atoms with Gasteiger partial charge in [0, 0.05) is 5.92 Å². The van der Waals surface area contributed by atoms with Crippen molar-refractivity contribution in [1.82, 2.24) is 0 Å². The number of aldehydes is 1. The van der Waals surface area contributed by atoms with Crippen molar-refractivity contribution in [3.63, 3.8) is 0 Å². The Bertz CT molecular complexity index is 357. The fourth-order valence-corrected chi connectivity index (χ4v) is 2.27. The first-order valence-electron chi connectivity index (χ1n) is 4.19. The molecule has 0 radical (unpaired) electrons. The van der Waals surface area contributed by atoms with Crippen LogP contribution in [0.15, 0.2) is 30.3 Å². The minimum atomic E-state index is -0.0325. The fraction of sp³-hybridized carbons (Fsp3) is 0.182. The van der Waals surface area contributed by atoms with Gasteiger partial charge in [0.25, 0.3) is 0 Å². The Morgan fingerprint density at radius 1 is 1.31 bits per heavy atom. The SMILES string of the molecule is O=CC1C=Cc2ccccc2C1Br. The Morgan fingerprint density at radius 3 is 2.85 bits per heavy atom. The van der Waals surface area contributed by atoms with Gasteiger partial charge in [-0.15, -0.1) is 0 Å². The summed E-state index contributed by atoms with van der Waals surface area (Å²) in [6.07, 6.45) is 4.92. The van der Waals surface area contributed by atoms with Crippen molar-refractivity contribution in [3.05, 3.63) is 41.5 Å². The molecule has 0 aromatic heterocycles. The van der Waals surface area contributed by atoms with Crippen molar-refractivity contribution in [1.29, 1.82) is 0 Å². The van der Waals surface area contributed by atoms with Crippen LogP contribution >= 0.6 is 15.9 Å². The molecule has 1 aromatic rings. The van der Waals surface area contributed by atoms with Gasteiger partial charge >= 0.3 is 0 Å². The quantitative estimate of drug-likeness (QED) is 0.542. The molecule has 2 rings (SSSR count). The molecule has 0 N–H and O–H groups in total. The molecule has 2 unspecified atom stereocenters. The van der Waals surface area contributed by atoms with E-state index in [9.17, 15) is 4.79 Å². The third-order valence-electron chi connectivity index (χ3n) is 2.29. The highest BCUT2D eigenvalue weighted by Gasteiger charge is 2.22. The maximum atomic E-state index is 10.7.